The normalized spacial score (nSPS) is 15.4. The standard InChI is InChI=1S/C22H26FN5O/c1-3-27-10-12-28(13-11-27)21-9-8-18(23)14-19(21)16(2)25-22(29)26-20-7-5-4-6-17(20)15-24/h4-9,14,16H,3,10-13H2,1-2H3,(H2,25,26,29). The van der Waals surface area contributed by atoms with Crippen LogP contribution in [0.1, 0.15) is 31.0 Å². The third kappa shape index (κ3) is 5.04. The summed E-state index contributed by atoms with van der Waals surface area (Å²) in [5.41, 5.74) is 2.50. The molecule has 1 saturated heterocycles. The van der Waals surface area contributed by atoms with Gasteiger partial charge in [0.2, 0.25) is 0 Å². The first-order chi connectivity index (χ1) is 14.0. The van der Waals surface area contributed by atoms with Gasteiger partial charge >= 0.3 is 6.03 Å². The lowest BCUT2D eigenvalue weighted by Crippen LogP contribution is -2.46. The lowest BCUT2D eigenvalue weighted by Gasteiger charge is -2.37. The molecule has 3 rings (SSSR count). The van der Waals surface area contributed by atoms with Gasteiger partial charge in [-0.15, -0.1) is 0 Å². The van der Waals surface area contributed by atoms with Crippen LogP contribution in [-0.4, -0.2) is 43.7 Å². The molecule has 6 nitrogen and oxygen atoms in total. The zero-order valence-corrected chi connectivity index (χ0v) is 16.8. The van der Waals surface area contributed by atoms with E-state index in [2.05, 4.69) is 33.4 Å². The lowest BCUT2D eigenvalue weighted by atomic mass is 10.0. The number of para-hydroxylation sites is 1. The molecule has 0 bridgehead atoms. The number of nitrogens with one attached hydrogen (secondary N) is 2. The Hall–Kier alpha value is -3.11. The quantitative estimate of drug-likeness (QED) is 0.809. The molecule has 2 aromatic rings. The molecule has 7 heteroatoms. The SMILES string of the molecule is CCN1CCN(c2ccc(F)cc2C(C)NC(=O)Nc2ccccc2C#N)CC1. The third-order valence-electron chi connectivity index (χ3n) is 5.26. The second kappa shape index (κ2) is 9.39. The van der Waals surface area contributed by atoms with Crippen LogP contribution in [0.2, 0.25) is 0 Å². The highest BCUT2D eigenvalue weighted by atomic mass is 19.1. The van der Waals surface area contributed by atoms with Gasteiger partial charge in [0.1, 0.15) is 11.9 Å². The molecular weight excluding hydrogens is 369 g/mol. The number of hydrogen-bond donors (Lipinski definition) is 2. The van der Waals surface area contributed by atoms with Gasteiger partial charge in [0.15, 0.2) is 0 Å². The Morgan fingerprint density at radius 2 is 1.93 bits per heavy atom. The lowest BCUT2D eigenvalue weighted by molar-refractivity contribution is 0.249. The first kappa shape index (κ1) is 20.6. The molecule has 2 aromatic carbocycles. The van der Waals surface area contributed by atoms with Gasteiger partial charge in [-0.25, -0.2) is 9.18 Å². The van der Waals surface area contributed by atoms with Crippen molar-refractivity contribution >= 4 is 17.4 Å². The number of carbonyl (C=O) groups is 1. The molecule has 0 aliphatic carbocycles. The fourth-order valence-electron chi connectivity index (χ4n) is 3.59. The smallest absolute Gasteiger partial charge is 0.319 e. The highest BCUT2D eigenvalue weighted by Gasteiger charge is 2.22. The van der Waals surface area contributed by atoms with Gasteiger partial charge in [0.25, 0.3) is 0 Å². The molecule has 2 N–H and O–H groups in total. The van der Waals surface area contributed by atoms with E-state index in [-0.39, 0.29) is 5.82 Å². The number of halogens is 1. The van der Waals surface area contributed by atoms with Gasteiger partial charge < -0.3 is 20.4 Å². The summed E-state index contributed by atoms with van der Waals surface area (Å²) >= 11 is 0. The fourth-order valence-corrected chi connectivity index (χ4v) is 3.59. The van der Waals surface area contributed by atoms with Crippen molar-refractivity contribution in [3.8, 4) is 6.07 Å². The summed E-state index contributed by atoms with van der Waals surface area (Å²) in [4.78, 5) is 17.1. The molecule has 29 heavy (non-hydrogen) atoms. The molecule has 0 saturated carbocycles. The second-order valence-corrected chi connectivity index (χ2v) is 7.10. The molecular formula is C22H26FN5O. The van der Waals surface area contributed by atoms with E-state index >= 15 is 0 Å². The van der Waals surface area contributed by atoms with Crippen LogP contribution in [0.15, 0.2) is 42.5 Å². The number of hydrogen-bond acceptors (Lipinski definition) is 4. The molecule has 0 aromatic heterocycles. The van der Waals surface area contributed by atoms with Crippen molar-refractivity contribution in [1.82, 2.24) is 10.2 Å². The van der Waals surface area contributed by atoms with Crippen LogP contribution in [-0.2, 0) is 0 Å². The molecule has 1 atom stereocenters. The minimum Gasteiger partial charge on any atom is -0.369 e. The number of nitriles is 1. The Labute approximate surface area is 170 Å². The summed E-state index contributed by atoms with van der Waals surface area (Å²) < 4.78 is 14.0. The first-order valence-corrected chi connectivity index (χ1v) is 9.85. The predicted octanol–water partition coefficient (Wildman–Crippen LogP) is 3.72. The number of urea groups is 1. The molecule has 1 aliphatic heterocycles. The number of carbonyl (C=O) groups excluding carboxylic acids is 1. The summed E-state index contributed by atoms with van der Waals surface area (Å²) in [6.45, 7) is 8.64. The first-order valence-electron chi connectivity index (χ1n) is 9.85. The van der Waals surface area contributed by atoms with Crippen LogP contribution in [0.5, 0.6) is 0 Å². The van der Waals surface area contributed by atoms with Crippen LogP contribution < -0.4 is 15.5 Å². The Kier molecular flexibility index (Phi) is 6.68. The minimum atomic E-state index is -0.439. The van der Waals surface area contributed by atoms with E-state index in [1.165, 1.54) is 12.1 Å². The van der Waals surface area contributed by atoms with Gasteiger partial charge in [-0.3, -0.25) is 0 Å². The Balaban J connectivity index is 1.73. The van der Waals surface area contributed by atoms with E-state index in [0.717, 1.165) is 44.0 Å². The second-order valence-electron chi connectivity index (χ2n) is 7.10. The van der Waals surface area contributed by atoms with Gasteiger partial charge in [-0.1, -0.05) is 19.1 Å². The maximum absolute atomic E-state index is 14.0. The summed E-state index contributed by atoms with van der Waals surface area (Å²) in [6, 6.07) is 12.7. The molecule has 2 amide bonds. The van der Waals surface area contributed by atoms with Crippen LogP contribution in [0.25, 0.3) is 0 Å². The van der Waals surface area contributed by atoms with Crippen LogP contribution in [0.3, 0.4) is 0 Å². The van der Waals surface area contributed by atoms with Gasteiger partial charge in [-0.2, -0.15) is 5.26 Å². The number of piperazine rings is 1. The number of benzene rings is 2. The maximum Gasteiger partial charge on any atom is 0.319 e. The van der Waals surface area contributed by atoms with Crippen LogP contribution in [0.4, 0.5) is 20.6 Å². The summed E-state index contributed by atoms with van der Waals surface area (Å²) in [5.74, 6) is -0.333. The average Bonchev–Trinajstić information content (AvgIpc) is 2.74. The van der Waals surface area contributed by atoms with Gasteiger partial charge in [-0.05, 0) is 43.8 Å². The number of likely N-dealkylation sites (N-methyl/N-ethyl adjacent to an activating group) is 1. The molecule has 1 fully saturated rings. The van der Waals surface area contributed by atoms with E-state index < -0.39 is 12.1 Å². The Bertz CT molecular complexity index is 902. The van der Waals surface area contributed by atoms with Gasteiger partial charge in [0.05, 0.1) is 17.3 Å². The average molecular weight is 395 g/mol. The van der Waals surface area contributed by atoms with Crippen LogP contribution in [0, 0.1) is 17.1 Å². The van der Waals surface area contributed by atoms with Crippen LogP contribution >= 0.6 is 0 Å². The summed E-state index contributed by atoms with van der Waals surface area (Å²) in [6.07, 6.45) is 0. The zero-order chi connectivity index (χ0) is 20.8. The molecule has 1 unspecified atom stereocenters. The molecule has 1 heterocycles. The topological polar surface area (TPSA) is 71.4 Å². The van der Waals surface area contributed by atoms with Crippen molar-refractivity contribution < 1.29 is 9.18 Å². The summed E-state index contributed by atoms with van der Waals surface area (Å²) in [5, 5.41) is 14.7. The van der Waals surface area contributed by atoms with E-state index in [1.807, 2.05) is 6.92 Å². The van der Waals surface area contributed by atoms with E-state index in [4.69, 9.17) is 5.26 Å². The Morgan fingerprint density at radius 1 is 1.21 bits per heavy atom. The molecule has 152 valence electrons. The van der Waals surface area contributed by atoms with E-state index in [0.29, 0.717) is 11.3 Å². The largest absolute Gasteiger partial charge is 0.369 e. The molecule has 1 aliphatic rings. The summed E-state index contributed by atoms with van der Waals surface area (Å²) in [7, 11) is 0. The highest BCUT2D eigenvalue weighted by Crippen LogP contribution is 2.28. The monoisotopic (exact) mass is 395 g/mol. The van der Waals surface area contributed by atoms with Gasteiger partial charge in [0, 0.05) is 37.4 Å². The zero-order valence-electron chi connectivity index (χ0n) is 16.8. The maximum atomic E-state index is 14.0. The minimum absolute atomic E-state index is 0.333. The van der Waals surface area contributed by atoms with Crippen molar-refractivity contribution in [3.63, 3.8) is 0 Å². The number of amides is 2. The number of anilines is 2. The van der Waals surface area contributed by atoms with Crippen molar-refractivity contribution in [2.24, 2.45) is 0 Å². The van der Waals surface area contributed by atoms with Crippen molar-refractivity contribution in [2.75, 3.05) is 42.9 Å². The fraction of sp³-hybridized carbons (Fsp3) is 0.364. The third-order valence-corrected chi connectivity index (χ3v) is 5.26. The van der Waals surface area contributed by atoms with Crippen molar-refractivity contribution in [1.29, 1.82) is 5.26 Å². The predicted molar refractivity (Wildman–Crippen MR) is 112 cm³/mol. The number of rotatable bonds is 5. The van der Waals surface area contributed by atoms with Crippen molar-refractivity contribution in [2.45, 2.75) is 19.9 Å². The Morgan fingerprint density at radius 3 is 2.62 bits per heavy atom. The molecule has 0 radical (unpaired) electrons. The van der Waals surface area contributed by atoms with E-state index in [1.54, 1.807) is 30.3 Å². The highest BCUT2D eigenvalue weighted by molar-refractivity contribution is 5.91. The number of nitrogens with zero attached hydrogens (tertiary/aromatic N) is 3. The van der Waals surface area contributed by atoms with E-state index in [9.17, 15) is 9.18 Å². The van der Waals surface area contributed by atoms with Crippen molar-refractivity contribution in [3.05, 3.63) is 59.4 Å². The molecule has 0 spiro atoms.